The number of primary amides is 2. The average Bonchev–Trinajstić information content (AvgIpc) is 1.47. The zero-order chi connectivity index (χ0) is 109. The fraction of sp³-hybridized carbons (Fsp3) is 0.486. The van der Waals surface area contributed by atoms with Crippen LogP contribution in [0.3, 0.4) is 0 Å². The van der Waals surface area contributed by atoms with E-state index < -0.39 is 259 Å². The van der Waals surface area contributed by atoms with Crippen molar-refractivity contribution in [2.75, 3.05) is 65.4 Å². The number of aromatic hydroxyl groups is 1. The summed E-state index contributed by atoms with van der Waals surface area (Å²) in [6.07, 6.45) is 0.687. The normalized spacial score (nSPS) is 24.0. The quantitative estimate of drug-likeness (QED) is 0.0396. The van der Waals surface area contributed by atoms with Crippen LogP contribution in [0.1, 0.15) is 169 Å². The first-order valence-electron chi connectivity index (χ1n) is 50.5. The Morgan fingerprint density at radius 3 is 1.76 bits per heavy atom. The van der Waals surface area contributed by atoms with E-state index in [2.05, 4.69) is 68.8 Å². The molecule has 0 unspecified atom stereocenters. The minimum absolute atomic E-state index is 0.00123. The van der Waals surface area contributed by atoms with Crippen LogP contribution >= 0.6 is 11.8 Å². The van der Waals surface area contributed by atoms with Crippen LogP contribution in [0.4, 0.5) is 0 Å². The van der Waals surface area contributed by atoms with Gasteiger partial charge in [0.1, 0.15) is 96.9 Å². The summed E-state index contributed by atoms with van der Waals surface area (Å²) in [4.78, 5) is 303. The molecule has 0 aliphatic carbocycles. The molecule has 4 aliphatic rings. The van der Waals surface area contributed by atoms with Gasteiger partial charge in [0.25, 0.3) is 5.91 Å². The Labute approximate surface area is 871 Å². The van der Waals surface area contributed by atoms with E-state index in [-0.39, 0.29) is 107 Å². The Balaban J connectivity index is 0.977. The third kappa shape index (κ3) is 30.7. The number of nitrogens with two attached hydrogens (primary N) is 2. The minimum atomic E-state index is -1.86. The second-order valence-corrected chi connectivity index (χ2v) is 40.4. The van der Waals surface area contributed by atoms with Gasteiger partial charge in [0, 0.05) is 119 Å². The Bertz CT molecular complexity index is 6110. The van der Waals surface area contributed by atoms with Gasteiger partial charge < -0.3 is 125 Å². The highest BCUT2D eigenvalue weighted by atomic mass is 32.2. The lowest BCUT2D eigenvalue weighted by atomic mass is 9.99. The predicted octanol–water partition coefficient (Wildman–Crippen LogP) is 0.684. The first-order valence-corrected chi connectivity index (χ1v) is 51.7. The van der Waals surface area contributed by atoms with Crippen LogP contribution in [0.5, 0.6) is 5.75 Å². The van der Waals surface area contributed by atoms with E-state index >= 15 is 52.7 Å². The standard InChI is InChI=1S/C105H137N21O23S/c1-11-13-23-82-97(140)114-73(42-57(3)4)94(137)120-80(92(135)111-51-87(107)130)55-150-56-89(132)112-76(44-60-27-37-67(127)38-28-60)100(143)121(8)59(7)90(133)116-78(48-86(106)129)102(145)125-41-19-26-83(125)98(141)119-79(50-110-91(134)63-33-29-61(30-34-63)62-31-35-64(36-32-62)105(148)149)96(139)117-75(43-58(5)6)103(146)126-53-68(128)47-85(126)99(142)115-74(45-65-49-109-71-22-17-15-20-69(65)71)95(138)113-72-39-40-108-88(131)54-124-52-66(70-21-16-18-25-81(70)124)46-77(118-93(72)136)101(144)123(10)84(24-14-12-2)104(147)122(82)9/h15-18,20-22,25,27-38,49,52,57-59,68,72-80,82-85,109,127-128H,11-14,19,23-24,26,39-48,50-51,53-56H2,1-10H3,(H2,106,129)(H2,107,130)(H,108,131)(H,110,134)(H,111,135)(H,112,132)(H,113,138)(H,114,140)(H,115,142)(H,116,133)(H,117,139)(H,118,136)(H,119,141)(H,120,137)(H,148,149)/t59-,68+,72-,73-,74-,75-,76-,77-,78-,79-,80-,82-,83-,84-,85-/m0/s1. The zero-order valence-electron chi connectivity index (χ0n) is 85.7. The number of nitrogens with one attached hydrogen (secondary N) is 13. The molecule has 7 aromatic rings. The largest absolute Gasteiger partial charge is 0.508 e. The molecule has 4 bridgehead atoms. The molecular weight excluding hydrogens is 1960 g/mol. The number of phenols is 1. The SMILES string of the molecule is CCCC[C@H]1C(=O)N(C)[C@@H](CCCC)C(=O)N[C@@H](CC(C)C)C(=O)N[C@H](C(=O)NCC(N)=O)CSCC(=O)N[C@@H](Cc2ccc(O)cc2)C(=O)N(C)[C@@H](C)C(=O)N[C@@H](CC(N)=O)C(=O)N2CCC[C@H]2C(=O)N[C@@H](CNC(=O)c2ccc(-c3ccc(C(=O)O)cc3)cc2)C(=O)N[C@@H](CC(C)C)C(=O)N2C[C@H](O)C[C@H]2C(=O)N[C@@H](Cc2c[nH]c3ccccc23)C(=O)N[C@H]2CCNC(=O)Cn3cc(c4ccccc43)C[C@H](NC2=O)C(=O)N1C. The van der Waals surface area contributed by atoms with Gasteiger partial charge in [-0.1, -0.05) is 140 Å². The maximum absolute atomic E-state index is 16.1. The van der Waals surface area contributed by atoms with Gasteiger partial charge in [0.05, 0.1) is 30.4 Å². The summed E-state index contributed by atoms with van der Waals surface area (Å²) in [6, 6.07) is 9.32. The summed E-state index contributed by atoms with van der Waals surface area (Å²) in [5.74, 6) is -20.7. The number of aliphatic hydroxyl groups excluding tert-OH is 1. The number of thioether (sulfide) groups is 1. The highest BCUT2D eigenvalue weighted by Crippen LogP contribution is 2.31. The topological polar surface area (TPSA) is 635 Å². The third-order valence-corrected chi connectivity index (χ3v) is 28.3. The van der Waals surface area contributed by atoms with Crippen LogP contribution in [-0.2, 0) is 112 Å². The number of phenolic OH excluding ortho intramolecular Hbond substituents is 1. The average molecular weight is 2090 g/mol. The molecule has 15 atom stereocenters. The number of rotatable bonds is 24. The van der Waals surface area contributed by atoms with Crippen molar-refractivity contribution in [1.82, 2.24) is 97.9 Å². The number of carbonyl (C=O) groups excluding carboxylic acids is 19. The lowest BCUT2D eigenvalue weighted by Gasteiger charge is -2.36. The van der Waals surface area contributed by atoms with E-state index in [0.717, 1.165) is 26.5 Å². The predicted molar refractivity (Wildman–Crippen MR) is 553 cm³/mol. The van der Waals surface area contributed by atoms with Crippen LogP contribution in [0, 0.1) is 11.8 Å². The van der Waals surface area contributed by atoms with Crippen molar-refractivity contribution in [2.24, 2.45) is 23.3 Å². The van der Waals surface area contributed by atoms with Crippen molar-refractivity contribution in [3.8, 4) is 16.9 Å². The summed E-state index contributed by atoms with van der Waals surface area (Å²) in [6.45, 7) is 9.19. The van der Waals surface area contributed by atoms with Crippen LogP contribution < -0.4 is 75.3 Å². The molecule has 11 rings (SSSR count). The number of carboxylic acids is 1. The number of unbranched alkanes of at least 4 members (excludes halogenated alkanes) is 2. The van der Waals surface area contributed by atoms with Crippen molar-refractivity contribution in [1.29, 1.82) is 0 Å². The first kappa shape index (κ1) is 115. The molecule has 20 N–H and O–H groups in total. The summed E-state index contributed by atoms with van der Waals surface area (Å²) < 4.78 is 1.67. The number of fused-ring (bicyclic) bond motifs is 11. The van der Waals surface area contributed by atoms with Crippen molar-refractivity contribution in [3.63, 3.8) is 0 Å². The van der Waals surface area contributed by atoms with E-state index in [0.29, 0.717) is 75.3 Å². The molecule has 2 aromatic heterocycles. The maximum atomic E-state index is 16.1. The van der Waals surface area contributed by atoms with Crippen molar-refractivity contribution in [2.45, 2.75) is 248 Å². The van der Waals surface area contributed by atoms with Gasteiger partial charge in [0.2, 0.25) is 106 Å². The zero-order valence-corrected chi connectivity index (χ0v) is 86.6. The molecule has 4 aliphatic heterocycles. The number of aromatic amines is 1. The number of benzene rings is 5. The van der Waals surface area contributed by atoms with Crippen LogP contribution in [-0.4, -0.2) is 324 Å². The Morgan fingerprint density at radius 1 is 0.527 bits per heavy atom. The molecule has 0 spiro atoms. The molecule has 0 saturated carbocycles. The van der Waals surface area contributed by atoms with E-state index in [4.69, 9.17) is 11.5 Å². The number of carboxylic acid groups (broad SMARTS) is 1. The van der Waals surface area contributed by atoms with Gasteiger partial charge in [-0.15, -0.1) is 11.8 Å². The number of H-pyrrole nitrogens is 1. The summed E-state index contributed by atoms with van der Waals surface area (Å²) in [5.41, 5.74) is 15.0. The van der Waals surface area contributed by atoms with Crippen LogP contribution in [0.15, 0.2) is 134 Å². The number of nitrogens with zero attached hydrogens (tertiary/aromatic N) is 6. The number of aromatic carboxylic acids is 1. The van der Waals surface area contributed by atoms with E-state index in [1.807, 2.05) is 13.8 Å². The lowest BCUT2D eigenvalue weighted by molar-refractivity contribution is -0.149. The fourth-order valence-electron chi connectivity index (χ4n) is 19.0. The number of hydrogen-bond donors (Lipinski definition) is 18. The number of hydrogen-bond acceptors (Lipinski definition) is 23. The van der Waals surface area contributed by atoms with Gasteiger partial charge in [-0.3, -0.25) is 91.1 Å². The van der Waals surface area contributed by atoms with Gasteiger partial charge in [-0.05, 0) is 140 Å². The Hall–Kier alpha value is -15.3. The molecule has 3 saturated heterocycles. The Kier molecular flexibility index (Phi) is 41.0. The van der Waals surface area contributed by atoms with Gasteiger partial charge in [-0.25, -0.2) is 4.79 Å². The monoisotopic (exact) mass is 2090 g/mol. The van der Waals surface area contributed by atoms with Gasteiger partial charge in [0.15, 0.2) is 0 Å². The van der Waals surface area contributed by atoms with Crippen LogP contribution in [0.2, 0.25) is 0 Å². The lowest BCUT2D eigenvalue weighted by Crippen LogP contribution is -2.62. The van der Waals surface area contributed by atoms with E-state index in [9.17, 15) is 58.5 Å². The highest BCUT2D eigenvalue weighted by molar-refractivity contribution is 8.00. The smallest absolute Gasteiger partial charge is 0.335 e. The molecule has 3 fully saturated rings. The number of amides is 19. The molecule has 806 valence electrons. The van der Waals surface area contributed by atoms with E-state index in [1.165, 1.54) is 86.4 Å². The summed E-state index contributed by atoms with van der Waals surface area (Å²) in [7, 11) is 3.96. The number of aromatic nitrogens is 2. The minimum Gasteiger partial charge on any atom is -0.508 e. The molecule has 19 amide bonds. The van der Waals surface area contributed by atoms with Crippen molar-refractivity contribution in [3.05, 3.63) is 162 Å². The summed E-state index contributed by atoms with van der Waals surface area (Å²) in [5, 5.41) is 65.1. The van der Waals surface area contributed by atoms with E-state index in [1.54, 1.807) is 117 Å². The molecule has 44 nitrogen and oxygen atoms in total. The maximum Gasteiger partial charge on any atom is 0.335 e. The fourth-order valence-corrected chi connectivity index (χ4v) is 19.8. The second kappa shape index (κ2) is 53.5. The van der Waals surface area contributed by atoms with Crippen molar-refractivity contribution >= 4 is 152 Å². The second-order valence-electron chi connectivity index (χ2n) is 39.4. The van der Waals surface area contributed by atoms with Gasteiger partial charge in [-0.2, -0.15) is 0 Å². The third-order valence-electron chi connectivity index (χ3n) is 27.2. The number of carbonyl (C=O) groups is 20. The first-order chi connectivity index (χ1) is 71.4. The molecule has 0 radical (unpaired) electrons. The molecular formula is C105H137N21O23S. The molecule has 150 heavy (non-hydrogen) atoms. The van der Waals surface area contributed by atoms with Crippen LogP contribution in [0.25, 0.3) is 32.9 Å². The molecule has 5 aromatic carbocycles. The number of para-hydroxylation sites is 2. The number of aliphatic hydroxyl groups is 1. The highest BCUT2D eigenvalue weighted by Gasteiger charge is 2.47. The Morgan fingerprint density at radius 2 is 1.11 bits per heavy atom. The summed E-state index contributed by atoms with van der Waals surface area (Å²) >= 11 is 0.779. The number of likely N-dealkylation sites (N-methyl/N-ethyl adjacent to an activating group) is 3. The van der Waals surface area contributed by atoms with Gasteiger partial charge >= 0.3 is 5.97 Å². The van der Waals surface area contributed by atoms with Crippen molar-refractivity contribution < 1.29 is 111 Å². The molecule has 45 heteroatoms. The molecule has 6 heterocycles.